The second kappa shape index (κ2) is 8.69. The highest BCUT2D eigenvalue weighted by molar-refractivity contribution is 6.30. The van der Waals surface area contributed by atoms with Gasteiger partial charge in [-0.15, -0.1) is 0 Å². The number of amides is 1. The third-order valence-electron chi connectivity index (χ3n) is 6.36. The number of hydrogen-bond acceptors (Lipinski definition) is 1. The van der Waals surface area contributed by atoms with E-state index in [4.69, 9.17) is 17.3 Å². The van der Waals surface area contributed by atoms with Gasteiger partial charge in [-0.05, 0) is 61.4 Å². The average molecular weight is 421 g/mol. The lowest BCUT2D eigenvalue weighted by molar-refractivity contribution is 0.1000. The minimum absolute atomic E-state index is 0.247. The van der Waals surface area contributed by atoms with E-state index in [1.807, 2.05) is 31.2 Å². The van der Waals surface area contributed by atoms with Gasteiger partial charge >= 0.3 is 0 Å². The first-order chi connectivity index (χ1) is 14.5. The SMILES string of the molecule is CCCCCc1c(-c2ccc(Cl)cc2)c(C(N)=O)c(C)n1C1CCc2ccccc21. The summed E-state index contributed by atoms with van der Waals surface area (Å²) < 4.78 is 2.41. The number of benzene rings is 2. The molecule has 0 spiro atoms. The number of aromatic nitrogens is 1. The summed E-state index contributed by atoms with van der Waals surface area (Å²) >= 11 is 6.14. The van der Waals surface area contributed by atoms with E-state index in [9.17, 15) is 4.79 Å². The Bertz CT molecular complexity index is 1070. The molecule has 0 fully saturated rings. The lowest BCUT2D eigenvalue weighted by Crippen LogP contribution is -2.15. The first kappa shape index (κ1) is 20.7. The van der Waals surface area contributed by atoms with Crippen LogP contribution in [0.25, 0.3) is 11.1 Å². The number of rotatable bonds is 7. The second-order valence-corrected chi connectivity index (χ2v) is 8.67. The Balaban J connectivity index is 1.94. The van der Waals surface area contributed by atoms with Crippen molar-refractivity contribution < 1.29 is 4.79 Å². The van der Waals surface area contributed by atoms with E-state index in [-0.39, 0.29) is 11.9 Å². The maximum absolute atomic E-state index is 12.6. The molecule has 0 bridgehead atoms. The predicted octanol–water partition coefficient (Wildman–Crippen LogP) is 6.48. The van der Waals surface area contributed by atoms with Crippen LogP contribution in [0.4, 0.5) is 0 Å². The number of unbranched alkanes of at least 4 members (excludes halogenated alkanes) is 2. The Morgan fingerprint density at radius 2 is 1.87 bits per heavy atom. The lowest BCUT2D eigenvalue weighted by atomic mass is 9.97. The van der Waals surface area contributed by atoms with Crippen LogP contribution in [-0.4, -0.2) is 10.5 Å². The molecule has 30 heavy (non-hydrogen) atoms. The molecule has 1 aliphatic carbocycles. The molecule has 1 heterocycles. The van der Waals surface area contributed by atoms with Crippen LogP contribution in [0.15, 0.2) is 48.5 Å². The molecule has 1 amide bonds. The number of hydrogen-bond donors (Lipinski definition) is 1. The molecule has 156 valence electrons. The number of nitrogens with two attached hydrogens (primary N) is 1. The number of aryl methyl sites for hydroxylation is 1. The summed E-state index contributed by atoms with van der Waals surface area (Å²) in [4.78, 5) is 12.6. The molecule has 2 N–H and O–H groups in total. The zero-order chi connectivity index (χ0) is 21.3. The van der Waals surface area contributed by atoms with Gasteiger partial charge in [0.25, 0.3) is 5.91 Å². The molecule has 4 rings (SSSR count). The van der Waals surface area contributed by atoms with Crippen molar-refractivity contribution in [3.05, 3.63) is 81.6 Å². The number of primary amides is 1. The predicted molar refractivity (Wildman–Crippen MR) is 124 cm³/mol. The first-order valence-corrected chi connectivity index (χ1v) is 11.3. The Labute approximate surface area is 183 Å². The van der Waals surface area contributed by atoms with E-state index in [0.29, 0.717) is 10.6 Å². The Morgan fingerprint density at radius 1 is 1.13 bits per heavy atom. The first-order valence-electron chi connectivity index (χ1n) is 10.9. The van der Waals surface area contributed by atoms with Crippen molar-refractivity contribution in [3.63, 3.8) is 0 Å². The molecule has 1 aromatic heterocycles. The minimum Gasteiger partial charge on any atom is -0.366 e. The van der Waals surface area contributed by atoms with Gasteiger partial charge < -0.3 is 10.3 Å². The number of halogens is 1. The van der Waals surface area contributed by atoms with Gasteiger partial charge in [-0.25, -0.2) is 0 Å². The smallest absolute Gasteiger partial charge is 0.251 e. The van der Waals surface area contributed by atoms with Crippen LogP contribution in [0.1, 0.15) is 71.5 Å². The Hall–Kier alpha value is -2.52. The molecule has 0 aliphatic heterocycles. The average Bonchev–Trinajstić information content (AvgIpc) is 3.27. The maximum atomic E-state index is 12.6. The van der Waals surface area contributed by atoms with E-state index >= 15 is 0 Å². The fourth-order valence-corrected chi connectivity index (χ4v) is 5.14. The third kappa shape index (κ3) is 3.67. The normalized spacial score (nSPS) is 15.4. The van der Waals surface area contributed by atoms with Crippen LogP contribution in [0, 0.1) is 6.92 Å². The van der Waals surface area contributed by atoms with Crippen LogP contribution < -0.4 is 5.73 Å². The molecule has 1 unspecified atom stereocenters. The van der Waals surface area contributed by atoms with Crippen molar-refractivity contribution in [1.82, 2.24) is 4.57 Å². The van der Waals surface area contributed by atoms with Crippen LogP contribution >= 0.6 is 11.6 Å². The van der Waals surface area contributed by atoms with Gasteiger partial charge in [-0.2, -0.15) is 0 Å². The summed E-state index contributed by atoms with van der Waals surface area (Å²) in [7, 11) is 0. The fourth-order valence-electron chi connectivity index (χ4n) is 5.01. The summed E-state index contributed by atoms with van der Waals surface area (Å²) in [6, 6.07) is 16.7. The highest BCUT2D eigenvalue weighted by Crippen LogP contribution is 2.42. The van der Waals surface area contributed by atoms with E-state index < -0.39 is 0 Å². The number of carbonyl (C=O) groups excluding carboxylic acids is 1. The number of nitrogens with zero attached hydrogens (tertiary/aromatic N) is 1. The van der Waals surface area contributed by atoms with E-state index in [0.717, 1.165) is 55.3 Å². The highest BCUT2D eigenvalue weighted by Gasteiger charge is 2.31. The summed E-state index contributed by atoms with van der Waals surface area (Å²) in [5.74, 6) is -0.362. The van der Waals surface area contributed by atoms with Crippen molar-refractivity contribution in [3.8, 4) is 11.1 Å². The van der Waals surface area contributed by atoms with Crippen LogP contribution in [0.5, 0.6) is 0 Å². The minimum atomic E-state index is -0.362. The molecular weight excluding hydrogens is 392 g/mol. The summed E-state index contributed by atoms with van der Waals surface area (Å²) in [5, 5.41) is 0.688. The van der Waals surface area contributed by atoms with Gasteiger partial charge in [-0.1, -0.05) is 67.8 Å². The molecule has 3 nitrogen and oxygen atoms in total. The molecular formula is C26H29ClN2O. The Morgan fingerprint density at radius 3 is 2.57 bits per heavy atom. The third-order valence-corrected chi connectivity index (χ3v) is 6.61. The molecule has 1 aliphatic rings. The van der Waals surface area contributed by atoms with E-state index in [2.05, 4.69) is 35.8 Å². The van der Waals surface area contributed by atoms with Crippen molar-refractivity contribution in [2.75, 3.05) is 0 Å². The molecule has 0 saturated carbocycles. The van der Waals surface area contributed by atoms with Crippen molar-refractivity contribution >= 4 is 17.5 Å². The van der Waals surface area contributed by atoms with Gasteiger partial charge in [0, 0.05) is 22.0 Å². The van der Waals surface area contributed by atoms with Gasteiger partial charge in [0.1, 0.15) is 0 Å². The molecule has 0 radical (unpaired) electrons. The summed E-state index contributed by atoms with van der Waals surface area (Å²) in [6.07, 6.45) is 6.46. The number of fused-ring (bicyclic) bond motifs is 1. The highest BCUT2D eigenvalue weighted by atomic mass is 35.5. The second-order valence-electron chi connectivity index (χ2n) is 8.23. The Kier molecular flexibility index (Phi) is 6.01. The maximum Gasteiger partial charge on any atom is 0.251 e. The largest absolute Gasteiger partial charge is 0.366 e. The van der Waals surface area contributed by atoms with Gasteiger partial charge in [0.2, 0.25) is 0 Å². The molecule has 0 saturated heterocycles. The van der Waals surface area contributed by atoms with E-state index in [1.165, 1.54) is 16.8 Å². The quantitative estimate of drug-likeness (QED) is 0.436. The van der Waals surface area contributed by atoms with E-state index in [1.54, 1.807) is 0 Å². The summed E-state index contributed by atoms with van der Waals surface area (Å²) in [5.41, 5.74) is 13.5. The number of carbonyl (C=O) groups is 1. The molecule has 3 aromatic rings. The molecule has 4 heteroatoms. The van der Waals surface area contributed by atoms with Gasteiger partial charge in [0.15, 0.2) is 0 Å². The van der Waals surface area contributed by atoms with Gasteiger partial charge in [0.05, 0.1) is 11.6 Å². The van der Waals surface area contributed by atoms with Crippen LogP contribution in [0.3, 0.4) is 0 Å². The topological polar surface area (TPSA) is 48.0 Å². The van der Waals surface area contributed by atoms with Crippen molar-refractivity contribution in [2.24, 2.45) is 5.73 Å². The lowest BCUT2D eigenvalue weighted by Gasteiger charge is -2.21. The van der Waals surface area contributed by atoms with Crippen LogP contribution in [-0.2, 0) is 12.8 Å². The van der Waals surface area contributed by atoms with Gasteiger partial charge in [-0.3, -0.25) is 4.79 Å². The van der Waals surface area contributed by atoms with Crippen molar-refractivity contribution in [1.29, 1.82) is 0 Å². The standard InChI is InChI=1S/C26H29ClN2O/c1-3-4-5-10-23-25(19-11-14-20(27)15-12-19)24(26(28)30)17(2)29(23)22-16-13-18-8-6-7-9-21(18)22/h6-9,11-12,14-15,22H,3-5,10,13,16H2,1-2H3,(H2,28,30). The molecule has 1 atom stereocenters. The van der Waals surface area contributed by atoms with Crippen molar-refractivity contribution in [2.45, 2.75) is 58.4 Å². The summed E-state index contributed by atoms with van der Waals surface area (Å²) in [6.45, 7) is 4.26. The monoisotopic (exact) mass is 420 g/mol. The fraction of sp³-hybridized carbons (Fsp3) is 0.346. The molecule has 2 aromatic carbocycles. The van der Waals surface area contributed by atoms with Crippen LogP contribution in [0.2, 0.25) is 5.02 Å². The zero-order valence-corrected chi connectivity index (χ0v) is 18.5. The zero-order valence-electron chi connectivity index (χ0n) is 17.7.